The van der Waals surface area contributed by atoms with Gasteiger partial charge in [0, 0.05) is 25.2 Å². The Balaban J connectivity index is 1.96. The second-order valence-corrected chi connectivity index (χ2v) is 8.27. The standard InChI is InChI=1S/C24H30N2O8/c1-11-6-12(13-7-14(23(32)25-2)9-15(8-13)24(33)26-3)4-5-16(11)18(28)22-21(31)20(30)19(29)17(10-27)34-22/h4-9,17-22,27-31H,10H2,1-3H3,(H,25,32)(H,26,33)/t17-,18-,19-,20+,21+,22-/m1/s1. The molecule has 0 saturated carbocycles. The van der Waals surface area contributed by atoms with Gasteiger partial charge in [-0.1, -0.05) is 18.2 Å². The molecule has 2 amide bonds. The third-order valence-electron chi connectivity index (χ3n) is 6.07. The number of benzene rings is 2. The quantitative estimate of drug-likeness (QED) is 0.287. The molecule has 1 fully saturated rings. The van der Waals surface area contributed by atoms with Gasteiger partial charge in [0.05, 0.1) is 6.61 Å². The van der Waals surface area contributed by atoms with Crippen molar-refractivity contribution in [1.29, 1.82) is 0 Å². The number of aliphatic hydroxyl groups excluding tert-OH is 5. The molecule has 34 heavy (non-hydrogen) atoms. The van der Waals surface area contributed by atoms with Crippen molar-refractivity contribution in [3.05, 3.63) is 58.7 Å². The number of hydrogen-bond acceptors (Lipinski definition) is 8. The number of aliphatic hydroxyl groups is 5. The van der Waals surface area contributed by atoms with Crippen LogP contribution in [0.4, 0.5) is 0 Å². The minimum absolute atomic E-state index is 0.307. The lowest BCUT2D eigenvalue weighted by Gasteiger charge is -2.42. The lowest BCUT2D eigenvalue weighted by molar-refractivity contribution is -0.250. The Bertz CT molecular complexity index is 1020. The summed E-state index contributed by atoms with van der Waals surface area (Å²) in [5.41, 5.74) is 2.93. The molecule has 1 saturated heterocycles. The molecular formula is C24H30N2O8. The number of amides is 2. The predicted molar refractivity (Wildman–Crippen MR) is 122 cm³/mol. The molecule has 1 aliphatic rings. The van der Waals surface area contributed by atoms with Crippen LogP contribution in [0.1, 0.15) is 37.9 Å². The van der Waals surface area contributed by atoms with Crippen LogP contribution < -0.4 is 10.6 Å². The number of aryl methyl sites for hydroxylation is 1. The van der Waals surface area contributed by atoms with Crippen LogP contribution in [-0.2, 0) is 4.74 Å². The highest BCUT2D eigenvalue weighted by Crippen LogP contribution is 2.33. The van der Waals surface area contributed by atoms with E-state index in [1.165, 1.54) is 20.2 Å². The molecule has 0 aromatic heterocycles. The van der Waals surface area contributed by atoms with Crippen LogP contribution in [0.2, 0.25) is 0 Å². The van der Waals surface area contributed by atoms with Crippen molar-refractivity contribution in [3.63, 3.8) is 0 Å². The van der Waals surface area contributed by atoms with Gasteiger partial charge in [0.15, 0.2) is 0 Å². The molecule has 1 heterocycles. The summed E-state index contributed by atoms with van der Waals surface area (Å²) < 4.78 is 5.48. The number of carbonyl (C=O) groups excluding carboxylic acids is 2. The van der Waals surface area contributed by atoms with Gasteiger partial charge in [0.25, 0.3) is 11.8 Å². The van der Waals surface area contributed by atoms with Gasteiger partial charge in [-0.3, -0.25) is 9.59 Å². The Morgan fingerprint density at radius 2 is 1.50 bits per heavy atom. The van der Waals surface area contributed by atoms with E-state index in [1.807, 2.05) is 0 Å². The summed E-state index contributed by atoms with van der Waals surface area (Å²) in [7, 11) is 2.99. The fourth-order valence-electron chi connectivity index (χ4n) is 4.10. The predicted octanol–water partition coefficient (Wildman–Crippen LogP) is -0.743. The Morgan fingerprint density at radius 1 is 0.912 bits per heavy atom. The topological polar surface area (TPSA) is 169 Å². The molecular weight excluding hydrogens is 444 g/mol. The third-order valence-corrected chi connectivity index (χ3v) is 6.07. The maximum absolute atomic E-state index is 12.2. The first-order chi connectivity index (χ1) is 16.1. The molecule has 3 rings (SSSR count). The molecule has 10 heteroatoms. The van der Waals surface area contributed by atoms with E-state index in [4.69, 9.17) is 4.74 Å². The summed E-state index contributed by atoms with van der Waals surface area (Å²) in [6.45, 7) is 1.13. The summed E-state index contributed by atoms with van der Waals surface area (Å²) in [4.78, 5) is 24.4. The summed E-state index contributed by atoms with van der Waals surface area (Å²) in [6, 6.07) is 9.83. The van der Waals surface area contributed by atoms with Gasteiger partial charge < -0.3 is 40.9 Å². The van der Waals surface area contributed by atoms with Gasteiger partial charge in [-0.2, -0.15) is 0 Å². The number of hydrogen-bond donors (Lipinski definition) is 7. The molecule has 1 aliphatic heterocycles. The summed E-state index contributed by atoms with van der Waals surface area (Å²) in [5.74, 6) is -0.697. The number of carbonyl (C=O) groups is 2. The largest absolute Gasteiger partial charge is 0.394 e. The van der Waals surface area contributed by atoms with E-state index in [2.05, 4.69) is 10.6 Å². The van der Waals surface area contributed by atoms with E-state index in [0.717, 1.165) is 0 Å². The van der Waals surface area contributed by atoms with Crippen LogP contribution in [0, 0.1) is 6.92 Å². The third kappa shape index (κ3) is 4.97. The first-order valence-electron chi connectivity index (χ1n) is 10.8. The molecule has 10 nitrogen and oxygen atoms in total. The molecule has 0 bridgehead atoms. The lowest BCUT2D eigenvalue weighted by atomic mass is 9.87. The summed E-state index contributed by atoms with van der Waals surface area (Å²) in [6.07, 6.45) is -8.47. The zero-order valence-corrected chi connectivity index (χ0v) is 19.1. The molecule has 6 atom stereocenters. The second-order valence-electron chi connectivity index (χ2n) is 8.27. The van der Waals surface area contributed by atoms with Crippen molar-refractivity contribution in [2.45, 2.75) is 43.5 Å². The highest BCUT2D eigenvalue weighted by Gasteiger charge is 2.46. The number of rotatable bonds is 6. The van der Waals surface area contributed by atoms with Crippen molar-refractivity contribution in [2.75, 3.05) is 20.7 Å². The highest BCUT2D eigenvalue weighted by atomic mass is 16.6. The Hall–Kier alpha value is -2.86. The minimum Gasteiger partial charge on any atom is -0.394 e. The SMILES string of the molecule is CNC(=O)c1cc(C(=O)NC)cc(-c2ccc([C@@H](O)[C@H]3O[C@H](CO)[C@@H](O)[C@H](O)[C@@H]3O)c(C)c2)c1. The lowest BCUT2D eigenvalue weighted by Crippen LogP contribution is -2.59. The summed E-state index contributed by atoms with van der Waals surface area (Å²) in [5, 5.41) is 55.7. The fourth-order valence-corrected chi connectivity index (χ4v) is 4.10. The van der Waals surface area contributed by atoms with Gasteiger partial charge in [-0.25, -0.2) is 0 Å². The first kappa shape index (κ1) is 25.8. The van der Waals surface area contributed by atoms with Crippen LogP contribution in [0.5, 0.6) is 0 Å². The first-order valence-corrected chi connectivity index (χ1v) is 10.8. The van der Waals surface area contributed by atoms with Crippen LogP contribution in [-0.4, -0.2) is 88.6 Å². The van der Waals surface area contributed by atoms with E-state index >= 15 is 0 Å². The Labute approximate surface area is 196 Å². The van der Waals surface area contributed by atoms with Gasteiger partial charge in [-0.05, 0) is 47.4 Å². The van der Waals surface area contributed by atoms with Gasteiger partial charge in [0.1, 0.15) is 36.6 Å². The van der Waals surface area contributed by atoms with E-state index in [0.29, 0.717) is 33.4 Å². The average molecular weight is 475 g/mol. The Morgan fingerprint density at radius 3 is 2.00 bits per heavy atom. The van der Waals surface area contributed by atoms with Crippen molar-refractivity contribution in [3.8, 4) is 11.1 Å². The normalized spacial score (nSPS) is 25.5. The molecule has 7 N–H and O–H groups in total. The van der Waals surface area contributed by atoms with Crippen molar-refractivity contribution < 1.29 is 39.9 Å². The smallest absolute Gasteiger partial charge is 0.251 e. The molecule has 0 radical (unpaired) electrons. The van der Waals surface area contributed by atoms with E-state index < -0.39 is 43.2 Å². The zero-order chi connectivity index (χ0) is 25.2. The van der Waals surface area contributed by atoms with Crippen LogP contribution in [0.25, 0.3) is 11.1 Å². The van der Waals surface area contributed by atoms with Crippen molar-refractivity contribution in [2.24, 2.45) is 0 Å². The molecule has 0 unspecified atom stereocenters. The minimum atomic E-state index is -1.60. The van der Waals surface area contributed by atoms with Crippen molar-refractivity contribution in [1.82, 2.24) is 10.6 Å². The second kappa shape index (κ2) is 10.6. The Kier molecular flexibility index (Phi) is 8.03. The molecule has 2 aromatic carbocycles. The number of nitrogens with one attached hydrogen (secondary N) is 2. The van der Waals surface area contributed by atoms with Crippen LogP contribution in [0.3, 0.4) is 0 Å². The average Bonchev–Trinajstić information content (AvgIpc) is 2.85. The highest BCUT2D eigenvalue weighted by molar-refractivity contribution is 6.01. The zero-order valence-electron chi connectivity index (χ0n) is 19.1. The maximum atomic E-state index is 12.2. The molecule has 184 valence electrons. The molecule has 0 spiro atoms. The van der Waals surface area contributed by atoms with Gasteiger partial charge in [0.2, 0.25) is 0 Å². The van der Waals surface area contributed by atoms with Gasteiger partial charge >= 0.3 is 0 Å². The molecule has 0 aliphatic carbocycles. The van der Waals surface area contributed by atoms with Crippen molar-refractivity contribution >= 4 is 11.8 Å². The number of ether oxygens (including phenoxy) is 1. The summed E-state index contributed by atoms with van der Waals surface area (Å²) >= 11 is 0. The van der Waals surface area contributed by atoms with E-state index in [9.17, 15) is 35.1 Å². The van der Waals surface area contributed by atoms with E-state index in [-0.39, 0.29) is 11.8 Å². The van der Waals surface area contributed by atoms with E-state index in [1.54, 1.807) is 37.3 Å². The van der Waals surface area contributed by atoms with Crippen LogP contribution >= 0.6 is 0 Å². The fraction of sp³-hybridized carbons (Fsp3) is 0.417. The monoisotopic (exact) mass is 474 g/mol. The van der Waals surface area contributed by atoms with Crippen LogP contribution in [0.15, 0.2) is 36.4 Å². The maximum Gasteiger partial charge on any atom is 0.251 e. The van der Waals surface area contributed by atoms with Gasteiger partial charge in [-0.15, -0.1) is 0 Å². The molecule has 2 aromatic rings.